The zero-order valence-corrected chi connectivity index (χ0v) is 21.0. The second kappa shape index (κ2) is 9.75. The molecule has 11 atom stereocenters. The lowest BCUT2D eigenvalue weighted by Gasteiger charge is -2.63. The molecule has 0 aromatic carbocycles. The van der Waals surface area contributed by atoms with Gasteiger partial charge in [0.15, 0.2) is 0 Å². The van der Waals surface area contributed by atoms with Crippen molar-refractivity contribution in [3.05, 3.63) is 0 Å². The molecule has 0 heterocycles. The van der Waals surface area contributed by atoms with Crippen molar-refractivity contribution < 1.29 is 29.6 Å². The number of hydrogen-bond donors (Lipinski definition) is 3. The van der Waals surface area contributed by atoms with Crippen molar-refractivity contribution in [1.82, 2.24) is 0 Å². The van der Waals surface area contributed by atoms with Crippen LogP contribution in [0, 0.1) is 46.3 Å². The molecule has 0 amide bonds. The summed E-state index contributed by atoms with van der Waals surface area (Å²) in [4.78, 5) is 11.7. The first-order valence-corrected chi connectivity index (χ1v) is 13.3. The molecule has 6 heteroatoms. The van der Waals surface area contributed by atoms with Crippen LogP contribution < -0.4 is 0 Å². The van der Waals surface area contributed by atoms with E-state index >= 15 is 0 Å². The topological polar surface area (TPSA) is 96.2 Å². The number of esters is 1. The predicted octanol–water partition coefficient (Wildman–Crippen LogP) is 3.55. The molecule has 4 fully saturated rings. The van der Waals surface area contributed by atoms with Crippen LogP contribution in [-0.2, 0) is 14.3 Å². The summed E-state index contributed by atoms with van der Waals surface area (Å²) in [5.74, 6) is 1.85. The Bertz CT molecular complexity index is 698. The van der Waals surface area contributed by atoms with Crippen LogP contribution in [0.15, 0.2) is 0 Å². The Hall–Kier alpha value is -0.690. The molecule has 4 aliphatic carbocycles. The molecule has 0 radical (unpaired) electrons. The van der Waals surface area contributed by atoms with E-state index in [0.29, 0.717) is 42.6 Å². The molecular weight excluding hydrogens is 420 g/mol. The van der Waals surface area contributed by atoms with Gasteiger partial charge in [-0.2, -0.15) is 0 Å². The van der Waals surface area contributed by atoms with Crippen LogP contribution >= 0.6 is 0 Å². The molecule has 3 N–H and O–H groups in total. The highest BCUT2D eigenvalue weighted by molar-refractivity contribution is 5.69. The van der Waals surface area contributed by atoms with Crippen LogP contribution in [0.4, 0.5) is 0 Å². The van der Waals surface area contributed by atoms with E-state index in [9.17, 15) is 15.0 Å². The number of carbonyl (C=O) groups is 1. The van der Waals surface area contributed by atoms with Crippen LogP contribution in [0.3, 0.4) is 0 Å². The summed E-state index contributed by atoms with van der Waals surface area (Å²) in [6, 6.07) is 0. The number of carbonyl (C=O) groups excluding carboxylic acids is 1. The standard InChI is InChI=1S/C27H46O6/c1-16(5-8-24(31)32-4)19-6-7-20-25-21(15-23(30)27(19,20)3)26(2)10-9-18(33-12-11-28)13-17(26)14-22(25)29/h16-23,25,28-30H,5-15H2,1-4H3/t16-,17+,18-,19-,20+,21+,22-,23+,25+,26+,27-/m1/s1. The SMILES string of the molecule is COC(=O)CC[C@@H](C)[C@H]1CC[C@H]2[C@@H]3[C@H](O)C[C@@H]4C[C@H](OCCO)CC[C@]4(C)[C@H]3C[C@H](O)[C@]12C. The van der Waals surface area contributed by atoms with Gasteiger partial charge in [-0.25, -0.2) is 0 Å². The number of aliphatic hydroxyl groups excluding tert-OH is 3. The lowest BCUT2D eigenvalue weighted by Crippen LogP contribution is -2.62. The van der Waals surface area contributed by atoms with Crippen LogP contribution in [0.1, 0.15) is 78.6 Å². The second-order valence-electron chi connectivity index (χ2n) is 12.2. The highest BCUT2D eigenvalue weighted by atomic mass is 16.5. The molecule has 4 aliphatic rings. The van der Waals surface area contributed by atoms with Gasteiger partial charge in [-0.1, -0.05) is 20.8 Å². The van der Waals surface area contributed by atoms with E-state index in [1.807, 2.05) is 0 Å². The van der Waals surface area contributed by atoms with Gasteiger partial charge >= 0.3 is 5.97 Å². The average Bonchev–Trinajstić information content (AvgIpc) is 3.15. The van der Waals surface area contributed by atoms with Gasteiger partial charge in [0, 0.05) is 6.42 Å². The first-order valence-electron chi connectivity index (χ1n) is 13.3. The lowest BCUT2D eigenvalue weighted by molar-refractivity contribution is -0.209. The molecule has 190 valence electrons. The Morgan fingerprint density at radius 3 is 2.55 bits per heavy atom. The molecule has 0 unspecified atom stereocenters. The highest BCUT2D eigenvalue weighted by Crippen LogP contribution is 2.68. The maximum atomic E-state index is 11.7. The Labute approximate surface area is 199 Å². The molecule has 6 nitrogen and oxygen atoms in total. The van der Waals surface area contributed by atoms with E-state index in [0.717, 1.165) is 51.4 Å². The third-order valence-electron chi connectivity index (χ3n) is 11.0. The van der Waals surface area contributed by atoms with E-state index in [4.69, 9.17) is 14.6 Å². The summed E-state index contributed by atoms with van der Waals surface area (Å²) in [6.45, 7) is 7.34. The summed E-state index contributed by atoms with van der Waals surface area (Å²) in [6.07, 6.45) is 7.41. The van der Waals surface area contributed by atoms with Gasteiger partial charge in [-0.3, -0.25) is 4.79 Å². The normalized spacial score (nSPS) is 47.8. The van der Waals surface area contributed by atoms with Gasteiger partial charge < -0.3 is 24.8 Å². The minimum absolute atomic E-state index is 0.0530. The first-order chi connectivity index (χ1) is 15.7. The summed E-state index contributed by atoms with van der Waals surface area (Å²) in [7, 11) is 1.44. The lowest BCUT2D eigenvalue weighted by atomic mass is 9.43. The number of hydrogen-bond acceptors (Lipinski definition) is 6. The van der Waals surface area contributed by atoms with Gasteiger partial charge in [0.2, 0.25) is 0 Å². The molecule has 4 saturated carbocycles. The fourth-order valence-electron chi connectivity index (χ4n) is 9.13. The van der Waals surface area contributed by atoms with Crippen molar-refractivity contribution in [2.75, 3.05) is 20.3 Å². The number of rotatable bonds is 7. The molecule has 0 aromatic rings. The highest BCUT2D eigenvalue weighted by Gasteiger charge is 2.65. The van der Waals surface area contributed by atoms with Gasteiger partial charge in [0.1, 0.15) is 0 Å². The fraction of sp³-hybridized carbons (Fsp3) is 0.963. The number of methoxy groups -OCH3 is 1. The molecular formula is C27H46O6. The number of ether oxygens (including phenoxy) is 2. The Balaban J connectivity index is 1.52. The monoisotopic (exact) mass is 466 g/mol. The maximum absolute atomic E-state index is 11.7. The predicted molar refractivity (Wildman–Crippen MR) is 125 cm³/mol. The Morgan fingerprint density at radius 2 is 1.85 bits per heavy atom. The summed E-state index contributed by atoms with van der Waals surface area (Å²) in [5.41, 5.74) is -0.0812. The van der Waals surface area contributed by atoms with E-state index < -0.39 is 0 Å². The van der Waals surface area contributed by atoms with Gasteiger partial charge in [0.05, 0.1) is 38.6 Å². The summed E-state index contributed by atoms with van der Waals surface area (Å²) < 4.78 is 10.7. The first kappa shape index (κ1) is 25.4. The third kappa shape index (κ3) is 4.28. The van der Waals surface area contributed by atoms with Crippen molar-refractivity contribution >= 4 is 5.97 Å². The molecule has 0 aliphatic heterocycles. The molecule has 4 rings (SSSR count). The van der Waals surface area contributed by atoms with Crippen LogP contribution in [0.2, 0.25) is 0 Å². The fourth-order valence-corrected chi connectivity index (χ4v) is 9.13. The zero-order chi connectivity index (χ0) is 24.0. The second-order valence-corrected chi connectivity index (χ2v) is 12.2. The minimum atomic E-state index is -0.372. The van der Waals surface area contributed by atoms with Gasteiger partial charge in [-0.15, -0.1) is 0 Å². The minimum Gasteiger partial charge on any atom is -0.469 e. The Kier molecular flexibility index (Phi) is 7.51. The van der Waals surface area contributed by atoms with E-state index in [-0.39, 0.29) is 47.6 Å². The van der Waals surface area contributed by atoms with Crippen molar-refractivity contribution in [3.8, 4) is 0 Å². The van der Waals surface area contributed by atoms with E-state index in [1.165, 1.54) is 7.11 Å². The smallest absolute Gasteiger partial charge is 0.305 e. The number of fused-ring (bicyclic) bond motifs is 5. The number of aliphatic hydroxyl groups is 3. The molecule has 0 spiro atoms. The van der Waals surface area contributed by atoms with Crippen molar-refractivity contribution in [2.45, 2.75) is 96.9 Å². The zero-order valence-electron chi connectivity index (χ0n) is 21.0. The van der Waals surface area contributed by atoms with Crippen LogP contribution in [0.5, 0.6) is 0 Å². The van der Waals surface area contributed by atoms with Crippen molar-refractivity contribution in [2.24, 2.45) is 46.3 Å². The van der Waals surface area contributed by atoms with Gasteiger partial charge in [-0.05, 0) is 97.7 Å². The van der Waals surface area contributed by atoms with Crippen LogP contribution in [0.25, 0.3) is 0 Å². The average molecular weight is 467 g/mol. The van der Waals surface area contributed by atoms with E-state index in [1.54, 1.807) is 0 Å². The maximum Gasteiger partial charge on any atom is 0.305 e. The van der Waals surface area contributed by atoms with Gasteiger partial charge in [0.25, 0.3) is 0 Å². The van der Waals surface area contributed by atoms with Crippen molar-refractivity contribution in [3.63, 3.8) is 0 Å². The van der Waals surface area contributed by atoms with Crippen LogP contribution in [-0.4, -0.2) is 59.9 Å². The quantitative estimate of drug-likeness (QED) is 0.497. The third-order valence-corrected chi connectivity index (χ3v) is 11.0. The largest absolute Gasteiger partial charge is 0.469 e. The van der Waals surface area contributed by atoms with E-state index in [2.05, 4.69) is 20.8 Å². The van der Waals surface area contributed by atoms with Crippen molar-refractivity contribution in [1.29, 1.82) is 0 Å². The Morgan fingerprint density at radius 1 is 1.09 bits per heavy atom. The molecule has 33 heavy (non-hydrogen) atoms. The molecule has 0 bridgehead atoms. The molecule has 0 aromatic heterocycles. The summed E-state index contributed by atoms with van der Waals surface area (Å²) in [5, 5.41) is 32.3. The summed E-state index contributed by atoms with van der Waals surface area (Å²) >= 11 is 0. The molecule has 0 saturated heterocycles.